The number of hydrogen-bond donors (Lipinski definition) is 0. The molecule has 1 spiro atoms. The number of carbonyl (C=O) groups is 2. The molecule has 1 heterocycles. The summed E-state index contributed by atoms with van der Waals surface area (Å²) in [5.74, 6) is 1.49. The molecule has 4 heteroatoms. The van der Waals surface area contributed by atoms with Crippen molar-refractivity contribution in [3.05, 3.63) is 0 Å². The Balaban J connectivity index is 1.59. The Morgan fingerprint density at radius 1 is 1.26 bits per heavy atom. The SMILES string of the molecule is CC(C)(C)OC(=O)N1CC2CC3(CCC3=O)CC2C1. The summed E-state index contributed by atoms with van der Waals surface area (Å²) < 4.78 is 5.42. The van der Waals surface area contributed by atoms with Crippen molar-refractivity contribution in [1.82, 2.24) is 4.90 Å². The standard InChI is InChI=1S/C15H23NO3/c1-14(2,3)19-13(18)16-8-10-6-15(5-4-12(15)17)7-11(10)9-16/h10-11H,4-9H2,1-3H3. The topological polar surface area (TPSA) is 46.6 Å². The number of fused-ring (bicyclic) bond motifs is 1. The van der Waals surface area contributed by atoms with Crippen molar-refractivity contribution in [1.29, 1.82) is 0 Å². The van der Waals surface area contributed by atoms with E-state index in [1.807, 2.05) is 25.7 Å². The van der Waals surface area contributed by atoms with Crippen molar-refractivity contribution in [2.45, 2.75) is 52.1 Å². The van der Waals surface area contributed by atoms with Crippen LogP contribution in [0.2, 0.25) is 0 Å². The van der Waals surface area contributed by atoms with E-state index >= 15 is 0 Å². The maximum Gasteiger partial charge on any atom is 0.410 e. The van der Waals surface area contributed by atoms with Crippen molar-refractivity contribution in [2.24, 2.45) is 17.3 Å². The molecule has 0 aromatic carbocycles. The molecule has 0 N–H and O–H groups in total. The van der Waals surface area contributed by atoms with Gasteiger partial charge in [0.25, 0.3) is 0 Å². The minimum Gasteiger partial charge on any atom is -0.444 e. The summed E-state index contributed by atoms with van der Waals surface area (Å²) in [6, 6.07) is 0. The van der Waals surface area contributed by atoms with E-state index in [4.69, 9.17) is 4.74 Å². The van der Waals surface area contributed by atoms with Crippen LogP contribution in [0, 0.1) is 17.3 Å². The van der Waals surface area contributed by atoms with E-state index in [-0.39, 0.29) is 11.5 Å². The third kappa shape index (κ3) is 2.15. The summed E-state index contributed by atoms with van der Waals surface area (Å²) in [5, 5.41) is 0. The Labute approximate surface area is 114 Å². The molecule has 2 aliphatic carbocycles. The van der Waals surface area contributed by atoms with Gasteiger partial charge >= 0.3 is 6.09 Å². The molecule has 2 atom stereocenters. The predicted octanol–water partition coefficient (Wildman–Crippen LogP) is 2.61. The molecule has 2 unspecified atom stereocenters. The molecule has 2 saturated carbocycles. The molecule has 1 amide bonds. The average Bonchev–Trinajstić information content (AvgIpc) is 2.80. The number of ketones is 1. The third-order valence-corrected chi connectivity index (χ3v) is 4.96. The highest BCUT2D eigenvalue weighted by Gasteiger charge is 2.57. The highest BCUT2D eigenvalue weighted by molar-refractivity contribution is 5.90. The molecule has 3 rings (SSSR count). The molecule has 0 aromatic heterocycles. The fourth-order valence-electron chi connectivity index (χ4n) is 3.98. The lowest BCUT2D eigenvalue weighted by molar-refractivity contribution is -0.138. The number of hydrogen-bond acceptors (Lipinski definition) is 3. The zero-order valence-corrected chi connectivity index (χ0v) is 12.1. The summed E-state index contributed by atoms with van der Waals surface area (Å²) in [4.78, 5) is 25.7. The maximum absolute atomic E-state index is 12.0. The largest absolute Gasteiger partial charge is 0.444 e. The highest BCUT2D eigenvalue weighted by atomic mass is 16.6. The van der Waals surface area contributed by atoms with Gasteiger partial charge in [0, 0.05) is 24.9 Å². The van der Waals surface area contributed by atoms with Crippen LogP contribution < -0.4 is 0 Å². The first kappa shape index (κ1) is 12.9. The molecule has 0 radical (unpaired) electrons. The van der Waals surface area contributed by atoms with E-state index in [1.165, 1.54) is 0 Å². The third-order valence-electron chi connectivity index (χ3n) is 4.96. The van der Waals surface area contributed by atoms with Gasteiger partial charge in [-0.15, -0.1) is 0 Å². The lowest BCUT2D eigenvalue weighted by Gasteiger charge is -2.37. The van der Waals surface area contributed by atoms with Gasteiger partial charge in [0.2, 0.25) is 0 Å². The first-order valence-corrected chi connectivity index (χ1v) is 7.30. The fourth-order valence-corrected chi connectivity index (χ4v) is 3.98. The molecule has 1 aliphatic heterocycles. The first-order valence-electron chi connectivity index (χ1n) is 7.30. The summed E-state index contributed by atoms with van der Waals surface area (Å²) in [5.41, 5.74) is -0.421. The van der Waals surface area contributed by atoms with Crippen molar-refractivity contribution >= 4 is 11.9 Å². The van der Waals surface area contributed by atoms with Gasteiger partial charge < -0.3 is 9.64 Å². The van der Waals surface area contributed by atoms with Gasteiger partial charge in [-0.2, -0.15) is 0 Å². The van der Waals surface area contributed by atoms with Crippen LogP contribution in [-0.4, -0.2) is 35.5 Å². The number of nitrogens with zero attached hydrogens (tertiary/aromatic N) is 1. The second-order valence-electron chi connectivity index (χ2n) is 7.52. The predicted molar refractivity (Wildman–Crippen MR) is 70.7 cm³/mol. The molecule has 1 saturated heterocycles. The van der Waals surface area contributed by atoms with Gasteiger partial charge in [0.05, 0.1) is 0 Å². The van der Waals surface area contributed by atoms with E-state index in [9.17, 15) is 9.59 Å². The quantitative estimate of drug-likeness (QED) is 0.676. The number of amides is 1. The molecule has 0 aromatic rings. The molecular formula is C15H23NO3. The van der Waals surface area contributed by atoms with Gasteiger partial charge in [-0.25, -0.2) is 4.79 Å². The molecule has 3 aliphatic rings. The second kappa shape index (κ2) is 3.97. The van der Waals surface area contributed by atoms with Crippen molar-refractivity contribution in [3.63, 3.8) is 0 Å². The molecule has 4 nitrogen and oxygen atoms in total. The Morgan fingerprint density at radius 2 is 1.84 bits per heavy atom. The summed E-state index contributed by atoms with van der Waals surface area (Å²) in [6.07, 6.45) is 3.64. The van der Waals surface area contributed by atoms with Crippen LogP contribution in [0.3, 0.4) is 0 Å². The zero-order valence-electron chi connectivity index (χ0n) is 12.1. The molecule has 19 heavy (non-hydrogen) atoms. The van der Waals surface area contributed by atoms with Gasteiger partial charge in [0.15, 0.2) is 0 Å². The van der Waals surface area contributed by atoms with E-state index in [1.54, 1.807) is 0 Å². The monoisotopic (exact) mass is 265 g/mol. The molecule has 106 valence electrons. The van der Waals surface area contributed by atoms with Crippen LogP contribution in [0.25, 0.3) is 0 Å². The van der Waals surface area contributed by atoms with Crippen LogP contribution in [0.4, 0.5) is 4.79 Å². The van der Waals surface area contributed by atoms with E-state index < -0.39 is 5.60 Å². The summed E-state index contributed by atoms with van der Waals surface area (Å²) in [6.45, 7) is 7.22. The molecule has 0 bridgehead atoms. The van der Waals surface area contributed by atoms with Crippen LogP contribution in [0.5, 0.6) is 0 Å². The fraction of sp³-hybridized carbons (Fsp3) is 0.867. The van der Waals surface area contributed by atoms with E-state index in [0.717, 1.165) is 38.8 Å². The number of likely N-dealkylation sites (tertiary alicyclic amines) is 1. The lowest BCUT2D eigenvalue weighted by Crippen LogP contribution is -2.41. The Hall–Kier alpha value is -1.06. The average molecular weight is 265 g/mol. The number of carbonyl (C=O) groups excluding carboxylic acids is 2. The minimum atomic E-state index is -0.431. The van der Waals surface area contributed by atoms with E-state index in [0.29, 0.717) is 17.6 Å². The Kier molecular flexibility index (Phi) is 2.70. The van der Waals surface area contributed by atoms with Crippen LogP contribution in [0.15, 0.2) is 0 Å². The van der Waals surface area contributed by atoms with Crippen molar-refractivity contribution < 1.29 is 14.3 Å². The van der Waals surface area contributed by atoms with Crippen molar-refractivity contribution in [2.75, 3.05) is 13.1 Å². The van der Waals surface area contributed by atoms with Gasteiger partial charge in [-0.3, -0.25) is 4.79 Å². The Bertz CT molecular complexity index is 410. The normalized spacial score (nSPS) is 37.4. The highest BCUT2D eigenvalue weighted by Crippen LogP contribution is 2.57. The van der Waals surface area contributed by atoms with Gasteiger partial charge in [0.1, 0.15) is 11.4 Å². The minimum absolute atomic E-state index is 0.00928. The molecular weight excluding hydrogens is 242 g/mol. The maximum atomic E-state index is 12.0. The van der Waals surface area contributed by atoms with Crippen LogP contribution in [-0.2, 0) is 9.53 Å². The first-order chi connectivity index (χ1) is 8.79. The number of ether oxygens (including phenoxy) is 1. The lowest BCUT2D eigenvalue weighted by atomic mass is 9.65. The summed E-state index contributed by atoms with van der Waals surface area (Å²) in [7, 11) is 0. The zero-order chi connectivity index (χ0) is 13.8. The van der Waals surface area contributed by atoms with Crippen LogP contribution >= 0.6 is 0 Å². The van der Waals surface area contributed by atoms with Gasteiger partial charge in [-0.05, 0) is 51.9 Å². The summed E-state index contributed by atoms with van der Waals surface area (Å²) >= 11 is 0. The molecule has 3 fully saturated rings. The Morgan fingerprint density at radius 3 is 2.21 bits per heavy atom. The number of Topliss-reactive ketones (excluding diaryl/α,β-unsaturated/α-hetero) is 1. The number of rotatable bonds is 0. The smallest absolute Gasteiger partial charge is 0.410 e. The van der Waals surface area contributed by atoms with E-state index in [2.05, 4.69) is 0 Å². The van der Waals surface area contributed by atoms with Gasteiger partial charge in [-0.1, -0.05) is 0 Å². The van der Waals surface area contributed by atoms with Crippen molar-refractivity contribution in [3.8, 4) is 0 Å². The second-order valence-corrected chi connectivity index (χ2v) is 7.52. The van der Waals surface area contributed by atoms with Crippen LogP contribution in [0.1, 0.15) is 46.5 Å².